The summed E-state index contributed by atoms with van der Waals surface area (Å²) in [7, 11) is 0. The molecule has 0 amide bonds. The van der Waals surface area contributed by atoms with E-state index in [1.165, 1.54) is 519 Å². The quantitative estimate of drug-likeness (QED) is 0.0450. The Hall–Kier alpha value is -1.51. The van der Waals surface area contributed by atoms with Gasteiger partial charge in [0.2, 0.25) is 0 Å². The van der Waals surface area contributed by atoms with Crippen LogP contribution in [0.4, 0.5) is 13.2 Å². The van der Waals surface area contributed by atoms with Crippen molar-refractivity contribution in [2.24, 2.45) is 29.1 Å². The number of benzene rings is 1. The largest absolute Gasteiger partial charge is 0.389 e. The Kier molecular flexibility index (Phi) is 185. The highest BCUT2D eigenvalue weighted by Gasteiger charge is 2.25. The molecule has 1 aromatic carbocycles. The smallest absolute Gasteiger partial charge is 0.171 e. The maximum Gasteiger partial charge on any atom is 0.389 e. The molecule has 0 aliphatic heterocycles. The first-order valence-electron chi connectivity index (χ1n) is 62.1. The van der Waals surface area contributed by atoms with Gasteiger partial charge in [-0.25, -0.2) is 0 Å². The Morgan fingerprint density at radius 2 is 0.507 bits per heavy atom. The third kappa shape index (κ3) is 204. The molecule has 1 aromatic rings. The zero-order valence-electron chi connectivity index (χ0n) is 100. The second-order valence-corrected chi connectivity index (χ2v) is 42.3. The molecule has 0 heterocycles. The van der Waals surface area contributed by atoms with Gasteiger partial charge < -0.3 is 0 Å². The van der Waals surface area contributed by atoms with Gasteiger partial charge in [-0.3, -0.25) is 0 Å². The lowest BCUT2D eigenvalue weighted by Gasteiger charge is -2.20. The first-order chi connectivity index (χ1) is 64.8. The van der Waals surface area contributed by atoms with Gasteiger partial charge in [0.05, 0.1) is 0 Å². The fourth-order valence-electron chi connectivity index (χ4n) is 15.6. The molecule has 0 N–H and O–H groups in total. The highest BCUT2D eigenvalue weighted by atomic mass is 19.4. The van der Waals surface area contributed by atoms with Gasteiger partial charge in [-0.2, -0.15) is 13.2 Å². The summed E-state index contributed by atoms with van der Waals surface area (Å²) in [5.74, 6) is 4.08. The third-order valence-electron chi connectivity index (χ3n) is 25.4. The number of halogens is 3. The maximum atomic E-state index is 11.5. The van der Waals surface area contributed by atoms with Gasteiger partial charge in [0, 0.05) is 6.42 Å². The first kappa shape index (κ1) is 158. The lowest BCUT2D eigenvalue weighted by atomic mass is 9.86. The minimum absolute atomic E-state index is 0.289. The van der Waals surface area contributed by atoms with Crippen molar-refractivity contribution in [3.05, 3.63) is 60.2 Å². The predicted molar refractivity (Wildman–Crippen MR) is 629 cm³/mol. The van der Waals surface area contributed by atoms with Crippen LogP contribution >= 0.6 is 0 Å². The standard InChI is InChI=1S/C12H26.C12H24.C11H22.C11H16.C10H20.C10H22.C9H20.3C8H18.C7H13F3.C7H16.C7H14.C6H14.C5H12/c2*1-3-5-7-9-11-12-10-8-6-4-2;2*1-2-3-5-8-11-9-6-4-7-10-11;1-2-3-4-7-10-8-5-6-9-10;1-5-6-7-8-9-10(2,3)4;1-3-5-7-9-8-6-4-2;1-4-5-6-7-8(2)3;1-4-6-7-8(3)5-2;1-3-5-7-8-6-4-2;1-2-3-4-5-6-7(8,9)10;2*1-3-5-7-6-4-2;1-3-5-6-4-2;1-3-5-4-2/h3-12H2,1-2H3;3,5H,4,6-12H2,1-2H3;11H,2-10H2,1H3;4,6-7,9-10H,2-3,5,8H2,1H3;10H,2-9H2,1H3;5-9H2,1-4H3;3-9H2,1-2H3;2*8H,4-7H2,1-3H3;3-8H2,1-2H3;2-6H2,1H3;3-7H2,1-2H3;3,5H,4,6-7H2,1-2H3;3-6H2,1-2H3;3-5H2,1-2H3/b;5-3+;;;;;;;;;;;5-3+;;. The van der Waals surface area contributed by atoms with Gasteiger partial charge in [-0.05, 0) is 93.4 Å². The molecule has 2 saturated carbocycles. The number of rotatable bonds is 68. The number of allylic oxidation sites excluding steroid dienone is 4. The van der Waals surface area contributed by atoms with E-state index in [1.54, 1.807) is 0 Å². The number of hydrogen-bond donors (Lipinski definition) is 0. The van der Waals surface area contributed by atoms with E-state index in [0.29, 0.717) is 11.8 Å². The molecule has 0 radical (unpaired) electrons. The summed E-state index contributed by atoms with van der Waals surface area (Å²) in [6.45, 7) is 67.3. The van der Waals surface area contributed by atoms with E-state index in [9.17, 15) is 13.2 Å². The van der Waals surface area contributed by atoms with Crippen molar-refractivity contribution < 1.29 is 13.2 Å². The fourth-order valence-corrected chi connectivity index (χ4v) is 15.6. The fraction of sp³-hybridized carbons (Fsp3) is 0.924. The van der Waals surface area contributed by atoms with Gasteiger partial charge >= 0.3 is 6.18 Å². The van der Waals surface area contributed by atoms with Crippen molar-refractivity contribution in [2.75, 3.05) is 0 Å². The topological polar surface area (TPSA) is 0 Å². The SMILES string of the molecule is C/C=C/CCCC.C/C=C/CCCCCCCCC.CCCCC.CCCCC(C)CC.CCCCCC.CCCCCC(C)C.CCCCCC1CCCC1.CCCCCC1CCCCC1.CCCCCCC.CCCCCCC(C)(C)C.CCCCCCC(F)(F)F.CCCCCCCC.CCCCCCCCC.CCCCCCCCCCCC.CCCCCc1ccccc1. The van der Waals surface area contributed by atoms with Crippen LogP contribution in [0.2, 0.25) is 0 Å². The lowest BCUT2D eigenvalue weighted by molar-refractivity contribution is -0.135. The zero-order valence-corrected chi connectivity index (χ0v) is 100. The van der Waals surface area contributed by atoms with Gasteiger partial charge in [0.15, 0.2) is 0 Å². The van der Waals surface area contributed by atoms with Crippen molar-refractivity contribution in [3.63, 3.8) is 0 Å². The molecule has 2 fully saturated rings. The molecule has 0 aromatic heterocycles. The van der Waals surface area contributed by atoms with Crippen LogP contribution in [0.15, 0.2) is 54.6 Å². The molecule has 0 spiro atoms. The monoisotopic (exact) mass is 1900 g/mol. The van der Waals surface area contributed by atoms with Crippen molar-refractivity contribution in [3.8, 4) is 0 Å². The molecule has 3 rings (SSSR count). The number of unbranched alkanes of at least 4 members (excludes halogenated alkanes) is 53. The summed E-state index contributed by atoms with van der Waals surface area (Å²) in [5.41, 5.74) is 2.02. The summed E-state index contributed by atoms with van der Waals surface area (Å²) < 4.78 is 34.4. The van der Waals surface area contributed by atoms with E-state index in [-0.39, 0.29) is 6.42 Å². The van der Waals surface area contributed by atoms with Crippen molar-refractivity contribution >= 4 is 0 Å². The van der Waals surface area contributed by atoms with Crippen LogP contribution in [-0.2, 0) is 6.42 Å². The summed E-state index contributed by atoms with van der Waals surface area (Å²) >= 11 is 0. The molecule has 0 nitrogen and oxygen atoms in total. The third-order valence-corrected chi connectivity index (χ3v) is 25.4. The van der Waals surface area contributed by atoms with Gasteiger partial charge in [-0.15, -0.1) is 0 Å². The van der Waals surface area contributed by atoms with Crippen molar-refractivity contribution in [1.82, 2.24) is 0 Å². The van der Waals surface area contributed by atoms with E-state index >= 15 is 0 Å². The summed E-state index contributed by atoms with van der Waals surface area (Å²) in [4.78, 5) is 0. The van der Waals surface area contributed by atoms with Crippen LogP contribution in [0, 0.1) is 29.1 Å². The zero-order chi connectivity index (χ0) is 103. The summed E-state index contributed by atoms with van der Waals surface area (Å²) in [6, 6.07) is 10.7. The van der Waals surface area contributed by atoms with Crippen LogP contribution in [0.25, 0.3) is 0 Å². The molecule has 1 unspecified atom stereocenters. The van der Waals surface area contributed by atoms with Crippen LogP contribution in [0.5, 0.6) is 0 Å². The van der Waals surface area contributed by atoms with Crippen LogP contribution < -0.4 is 0 Å². The number of hydrogen-bond acceptors (Lipinski definition) is 0. The van der Waals surface area contributed by atoms with Gasteiger partial charge in [0.1, 0.15) is 0 Å². The van der Waals surface area contributed by atoms with Crippen LogP contribution in [0.3, 0.4) is 0 Å². The van der Waals surface area contributed by atoms with Crippen LogP contribution in [-0.4, -0.2) is 6.18 Å². The minimum Gasteiger partial charge on any atom is -0.171 e. The molecular formula is C131H273F3. The Labute approximate surface area is 856 Å². The molecule has 134 heavy (non-hydrogen) atoms. The highest BCUT2D eigenvalue weighted by Crippen LogP contribution is 2.30. The molecule has 2 aliphatic rings. The predicted octanol–water partition coefficient (Wildman–Crippen LogP) is 52.6. The normalized spacial score (nSPS) is 12.2. The average Bonchev–Trinajstić information content (AvgIpc) is 1.28. The summed E-state index contributed by atoms with van der Waals surface area (Å²) in [6.07, 6.45) is 120. The number of aryl methyl sites for hydroxylation is 1. The average molecular weight is 1910 g/mol. The van der Waals surface area contributed by atoms with E-state index in [1.807, 2.05) is 6.92 Å². The molecular weight excluding hydrogens is 1630 g/mol. The highest BCUT2D eigenvalue weighted by molar-refractivity contribution is 5.14. The molecule has 818 valence electrons. The molecule has 3 heteroatoms. The van der Waals surface area contributed by atoms with Gasteiger partial charge in [-0.1, -0.05) is 743 Å². The first-order valence-corrected chi connectivity index (χ1v) is 62.1. The van der Waals surface area contributed by atoms with E-state index in [4.69, 9.17) is 0 Å². The van der Waals surface area contributed by atoms with Crippen LogP contribution in [0.1, 0.15) is 753 Å². The Balaban J connectivity index is -0.000000120. The van der Waals surface area contributed by atoms with Gasteiger partial charge in [0.25, 0.3) is 0 Å². The molecule has 0 saturated heterocycles. The van der Waals surface area contributed by atoms with Crippen molar-refractivity contribution in [2.45, 2.75) is 760 Å². The Morgan fingerprint density at radius 1 is 0.261 bits per heavy atom. The number of alkyl halides is 3. The maximum absolute atomic E-state index is 11.5. The Bertz CT molecular complexity index is 1850. The van der Waals surface area contributed by atoms with Crippen molar-refractivity contribution in [1.29, 1.82) is 0 Å². The van der Waals surface area contributed by atoms with E-state index < -0.39 is 12.6 Å². The van der Waals surface area contributed by atoms with E-state index in [0.717, 1.165) is 36.5 Å². The van der Waals surface area contributed by atoms with E-state index in [2.05, 4.69) is 255 Å². The summed E-state index contributed by atoms with van der Waals surface area (Å²) in [5, 5.41) is 0. The molecule has 1 atom stereocenters. The molecule has 2 aliphatic carbocycles. The second kappa shape index (κ2) is 157. The molecule has 0 bridgehead atoms. The second-order valence-electron chi connectivity index (χ2n) is 42.3. The lowest BCUT2D eigenvalue weighted by Crippen LogP contribution is -2.05. The Morgan fingerprint density at radius 3 is 0.784 bits per heavy atom. The minimum atomic E-state index is -3.95.